The van der Waals surface area contributed by atoms with E-state index in [1.54, 1.807) is 17.5 Å². The zero-order valence-electron chi connectivity index (χ0n) is 11.4. The van der Waals surface area contributed by atoms with Gasteiger partial charge >= 0.3 is 0 Å². The summed E-state index contributed by atoms with van der Waals surface area (Å²) in [6.45, 7) is 4.22. The predicted octanol–water partition coefficient (Wildman–Crippen LogP) is 3.62. The van der Waals surface area contributed by atoms with Crippen LogP contribution >= 0.6 is 11.3 Å². The SMILES string of the molecule is CC(C)(Nc1ccc(N)c2cccnc12)c1nccs1. The first-order valence-electron chi connectivity index (χ1n) is 6.39. The highest BCUT2D eigenvalue weighted by Crippen LogP contribution is 2.32. The van der Waals surface area contributed by atoms with Gasteiger partial charge in [0.2, 0.25) is 0 Å². The predicted molar refractivity (Wildman–Crippen MR) is 84.9 cm³/mol. The number of nitrogens with zero attached hydrogens (tertiary/aromatic N) is 2. The van der Waals surface area contributed by atoms with Crippen LogP contribution in [0.25, 0.3) is 10.9 Å². The van der Waals surface area contributed by atoms with Gasteiger partial charge in [0.1, 0.15) is 5.01 Å². The normalized spacial score (nSPS) is 11.7. The largest absolute Gasteiger partial charge is 0.398 e. The van der Waals surface area contributed by atoms with Gasteiger partial charge < -0.3 is 11.1 Å². The van der Waals surface area contributed by atoms with Crippen LogP contribution in [0.2, 0.25) is 0 Å². The van der Waals surface area contributed by atoms with E-state index in [4.69, 9.17) is 5.73 Å². The van der Waals surface area contributed by atoms with Crippen molar-refractivity contribution in [2.75, 3.05) is 11.1 Å². The highest BCUT2D eigenvalue weighted by atomic mass is 32.1. The van der Waals surface area contributed by atoms with E-state index in [0.29, 0.717) is 0 Å². The molecular weight excluding hydrogens is 268 g/mol. The molecule has 1 aromatic carbocycles. The second kappa shape index (κ2) is 4.76. The molecule has 0 aliphatic rings. The Balaban J connectivity index is 2.06. The maximum absolute atomic E-state index is 6.01. The van der Waals surface area contributed by atoms with Crippen molar-refractivity contribution in [3.05, 3.63) is 47.0 Å². The molecule has 3 N–H and O–H groups in total. The molecule has 0 saturated carbocycles. The number of hydrogen-bond acceptors (Lipinski definition) is 5. The summed E-state index contributed by atoms with van der Waals surface area (Å²) in [5, 5.41) is 7.51. The first-order valence-corrected chi connectivity index (χ1v) is 7.27. The van der Waals surface area contributed by atoms with Crippen LogP contribution in [-0.2, 0) is 5.54 Å². The third kappa shape index (κ3) is 2.20. The van der Waals surface area contributed by atoms with Gasteiger partial charge in [-0.1, -0.05) is 0 Å². The highest BCUT2D eigenvalue weighted by molar-refractivity contribution is 7.09. The van der Waals surface area contributed by atoms with Crippen molar-refractivity contribution in [2.24, 2.45) is 0 Å². The molecule has 0 fully saturated rings. The summed E-state index contributed by atoms with van der Waals surface area (Å²) in [5.41, 5.74) is 8.35. The van der Waals surface area contributed by atoms with Gasteiger partial charge in [-0.05, 0) is 38.1 Å². The van der Waals surface area contributed by atoms with E-state index in [1.807, 2.05) is 35.8 Å². The Kier molecular flexibility index (Phi) is 3.06. The number of rotatable bonds is 3. The molecule has 4 nitrogen and oxygen atoms in total. The number of nitrogens with one attached hydrogen (secondary N) is 1. The van der Waals surface area contributed by atoms with Gasteiger partial charge in [-0.3, -0.25) is 4.98 Å². The van der Waals surface area contributed by atoms with Crippen LogP contribution in [0, 0.1) is 0 Å². The Morgan fingerprint density at radius 1 is 1.15 bits per heavy atom. The molecular formula is C15H16N4S. The number of aromatic nitrogens is 2. The fraction of sp³-hybridized carbons (Fsp3) is 0.200. The fourth-order valence-corrected chi connectivity index (χ4v) is 2.94. The molecule has 0 spiro atoms. The second-order valence-corrected chi connectivity index (χ2v) is 6.08. The number of fused-ring (bicyclic) bond motifs is 1. The summed E-state index contributed by atoms with van der Waals surface area (Å²) in [5.74, 6) is 0. The monoisotopic (exact) mass is 284 g/mol. The Morgan fingerprint density at radius 2 is 2.00 bits per heavy atom. The molecule has 0 amide bonds. The highest BCUT2D eigenvalue weighted by Gasteiger charge is 2.24. The van der Waals surface area contributed by atoms with E-state index in [1.165, 1.54) is 0 Å². The lowest BCUT2D eigenvalue weighted by molar-refractivity contribution is 0.605. The lowest BCUT2D eigenvalue weighted by Crippen LogP contribution is -2.27. The lowest BCUT2D eigenvalue weighted by atomic mass is 10.0. The Bertz CT molecular complexity index is 735. The van der Waals surface area contributed by atoms with Crippen LogP contribution < -0.4 is 11.1 Å². The standard InChI is InChI=1S/C15H16N4S/c1-15(2,14-18-8-9-20-14)19-12-6-5-11(16)10-4-3-7-17-13(10)12/h3-9,19H,16H2,1-2H3. The number of nitrogen functional groups attached to an aromatic ring is 1. The summed E-state index contributed by atoms with van der Waals surface area (Å²) in [4.78, 5) is 8.84. The molecule has 3 rings (SSSR count). The minimum absolute atomic E-state index is 0.255. The van der Waals surface area contributed by atoms with Crippen molar-refractivity contribution in [3.63, 3.8) is 0 Å². The van der Waals surface area contributed by atoms with E-state index >= 15 is 0 Å². The molecule has 0 aliphatic heterocycles. The van der Waals surface area contributed by atoms with Gasteiger partial charge in [-0.25, -0.2) is 4.98 Å². The molecule has 2 heterocycles. The summed E-state index contributed by atoms with van der Waals surface area (Å²) in [7, 11) is 0. The quantitative estimate of drug-likeness (QED) is 0.721. The molecule has 0 saturated heterocycles. The van der Waals surface area contributed by atoms with Gasteiger partial charge in [0, 0.05) is 28.8 Å². The number of nitrogens with two attached hydrogens (primary N) is 1. The van der Waals surface area contributed by atoms with E-state index in [-0.39, 0.29) is 5.54 Å². The maximum atomic E-state index is 6.01. The topological polar surface area (TPSA) is 63.8 Å². The van der Waals surface area contributed by atoms with Crippen molar-refractivity contribution in [2.45, 2.75) is 19.4 Å². The van der Waals surface area contributed by atoms with E-state index in [9.17, 15) is 0 Å². The van der Waals surface area contributed by atoms with Crippen LogP contribution in [0.4, 0.5) is 11.4 Å². The van der Waals surface area contributed by atoms with Crippen LogP contribution in [0.3, 0.4) is 0 Å². The van der Waals surface area contributed by atoms with Crippen LogP contribution in [0.5, 0.6) is 0 Å². The first kappa shape index (κ1) is 12.9. The van der Waals surface area contributed by atoms with Gasteiger partial charge in [0.15, 0.2) is 0 Å². The van der Waals surface area contributed by atoms with Crippen LogP contribution in [-0.4, -0.2) is 9.97 Å². The Hall–Kier alpha value is -2.14. The van der Waals surface area contributed by atoms with E-state index in [2.05, 4.69) is 29.1 Å². The first-order chi connectivity index (χ1) is 9.58. The second-order valence-electron chi connectivity index (χ2n) is 5.19. The number of thiazole rings is 1. The zero-order chi connectivity index (χ0) is 14.2. The summed E-state index contributed by atoms with van der Waals surface area (Å²) < 4.78 is 0. The van der Waals surface area contributed by atoms with Crippen molar-refractivity contribution >= 4 is 33.6 Å². The van der Waals surface area contributed by atoms with Crippen molar-refractivity contribution in [1.29, 1.82) is 0 Å². The van der Waals surface area contributed by atoms with Crippen LogP contribution in [0.1, 0.15) is 18.9 Å². The summed E-state index contributed by atoms with van der Waals surface area (Å²) >= 11 is 1.64. The van der Waals surface area contributed by atoms with E-state index in [0.717, 1.165) is 27.3 Å². The number of benzene rings is 1. The molecule has 5 heteroatoms. The van der Waals surface area contributed by atoms with Gasteiger partial charge in [0.25, 0.3) is 0 Å². The average Bonchev–Trinajstić information content (AvgIpc) is 2.97. The Labute approximate surface area is 121 Å². The molecule has 102 valence electrons. The molecule has 2 aromatic heterocycles. The van der Waals surface area contributed by atoms with E-state index < -0.39 is 0 Å². The minimum Gasteiger partial charge on any atom is -0.398 e. The average molecular weight is 284 g/mol. The number of pyridine rings is 1. The zero-order valence-corrected chi connectivity index (χ0v) is 12.2. The minimum atomic E-state index is -0.255. The number of anilines is 2. The lowest BCUT2D eigenvalue weighted by Gasteiger charge is -2.26. The summed E-state index contributed by atoms with van der Waals surface area (Å²) in [6, 6.07) is 7.76. The maximum Gasteiger partial charge on any atom is 0.117 e. The third-order valence-electron chi connectivity index (χ3n) is 3.22. The molecule has 20 heavy (non-hydrogen) atoms. The van der Waals surface area contributed by atoms with Crippen molar-refractivity contribution in [3.8, 4) is 0 Å². The molecule has 0 bridgehead atoms. The molecule has 0 aliphatic carbocycles. The van der Waals surface area contributed by atoms with Crippen molar-refractivity contribution in [1.82, 2.24) is 9.97 Å². The Morgan fingerprint density at radius 3 is 2.75 bits per heavy atom. The van der Waals surface area contributed by atoms with Gasteiger partial charge in [-0.15, -0.1) is 11.3 Å². The van der Waals surface area contributed by atoms with Gasteiger partial charge in [0.05, 0.1) is 16.7 Å². The molecule has 3 aromatic rings. The third-order valence-corrected chi connectivity index (χ3v) is 4.31. The summed E-state index contributed by atoms with van der Waals surface area (Å²) in [6.07, 6.45) is 3.60. The van der Waals surface area contributed by atoms with Crippen molar-refractivity contribution < 1.29 is 0 Å². The molecule has 0 atom stereocenters. The smallest absolute Gasteiger partial charge is 0.117 e. The van der Waals surface area contributed by atoms with Crippen LogP contribution in [0.15, 0.2) is 42.0 Å². The molecule has 0 radical (unpaired) electrons. The molecule has 0 unspecified atom stereocenters. The fourth-order valence-electron chi connectivity index (χ4n) is 2.22. The van der Waals surface area contributed by atoms with Gasteiger partial charge in [-0.2, -0.15) is 0 Å². The number of hydrogen-bond donors (Lipinski definition) is 2.